The Kier molecular flexibility index (Phi) is 30.7. The smallest absolute Gasteiger partial charge is 0.345 e. The average molecular weight is 1740 g/mol. The molecular formula is C77H65BrCl5F4N8O17P. The Balaban J connectivity index is 0.000000178. The van der Waals surface area contributed by atoms with E-state index in [1.807, 2.05) is 6.07 Å². The molecule has 3 aliphatic heterocycles. The Morgan fingerprint density at radius 3 is 1.25 bits per heavy atom. The van der Waals surface area contributed by atoms with E-state index in [2.05, 4.69) is 89.5 Å². The summed E-state index contributed by atoms with van der Waals surface area (Å²) in [6.45, 7) is 8.91. The minimum Gasteiger partial charge on any atom is -0.467 e. The fourth-order valence-electron chi connectivity index (χ4n) is 11.2. The Labute approximate surface area is 675 Å². The van der Waals surface area contributed by atoms with Crippen LogP contribution in [0.3, 0.4) is 0 Å². The number of benzene rings is 4. The zero-order valence-electron chi connectivity index (χ0n) is 59.5. The highest BCUT2D eigenvalue weighted by Gasteiger charge is 2.41. The topological polar surface area (TPSA) is 333 Å². The van der Waals surface area contributed by atoms with Gasteiger partial charge in [-0.2, -0.15) is 24.9 Å². The van der Waals surface area contributed by atoms with Gasteiger partial charge in [0.2, 0.25) is 5.28 Å². The molecule has 0 bridgehead atoms. The molecule has 0 aliphatic carbocycles. The predicted octanol–water partition coefficient (Wildman–Crippen LogP) is 19.5. The maximum atomic E-state index is 14.0. The highest BCUT2D eigenvalue weighted by Crippen LogP contribution is 2.61. The summed E-state index contributed by atoms with van der Waals surface area (Å²) in [5.41, 5.74) is 3.66. The van der Waals surface area contributed by atoms with Gasteiger partial charge in [0.25, 0.3) is 0 Å². The van der Waals surface area contributed by atoms with Gasteiger partial charge in [0.1, 0.15) is 127 Å². The lowest BCUT2D eigenvalue weighted by atomic mass is 10.0. The van der Waals surface area contributed by atoms with Crippen LogP contribution in [0.1, 0.15) is 147 Å². The van der Waals surface area contributed by atoms with Crippen LogP contribution in [0.4, 0.5) is 17.6 Å². The number of H-pyrrole nitrogens is 1. The number of hydrogen-bond donors (Lipinski definition) is 1. The van der Waals surface area contributed by atoms with Crippen molar-refractivity contribution >= 4 is 109 Å². The quantitative estimate of drug-likeness (QED) is 0.0179. The molecule has 1 N–H and O–H groups in total. The third kappa shape index (κ3) is 22.1. The number of rotatable bonds is 16. The maximum Gasteiger partial charge on any atom is 0.345 e. The maximum absolute atomic E-state index is 14.0. The number of nitrogens with zero attached hydrogens (tertiary/aromatic N) is 7. The standard InChI is InChI=1S/C19H15FN2O4.C18H12ClFN2O3.C18H13FN2O4.C14H14N2O5.C7H6BrF.CH4.Cl3OP.ClH/c1-10-7-8-13(25-10)16-15-17(22-19(21-16)24-2)14(26-18(15)23)9-11-5-3-4-6-12(11)20;1-9-6-7-12(24-9)15-14-16(22-18(19)21-15)13(25-17(14)23)8-10-4-2-3-5-11(10)20;1-9-6-7-12(24-9)15-14-16(21-18(23)20-15)13(25-17(14)22)8-10-4-2-3-5-11(10)19;1-4-20-13(18)11-9(7-17)15-14(19-3)16-12(11)10-6-5-8(2)21-10;8-5-6-3-1-2-4-7(6)9;;1-5(2,3)4;/h3-8,14H,9H2,1-2H3;2-7,13H,8H2,1H3;2-7,13H,8H2,1H3,(H,20,21,23);5-7H,4H2,1-3H3;1-4H,5H2;1H4;;1H. The van der Waals surface area contributed by atoms with Gasteiger partial charge in [0, 0.05) is 24.6 Å². The third-order valence-corrected chi connectivity index (χ3v) is 16.8. The number of aryl methyl sites for hydroxylation is 4. The van der Waals surface area contributed by atoms with Crippen molar-refractivity contribution in [3.8, 4) is 57.8 Å². The number of cyclic esters (lactones) is 3. The molecule has 25 nitrogen and oxygen atoms in total. The van der Waals surface area contributed by atoms with E-state index in [1.54, 1.807) is 150 Å². The number of carbonyl (C=O) groups excluding carboxylic acids is 5. The van der Waals surface area contributed by atoms with E-state index < -0.39 is 58.9 Å². The molecule has 11 heterocycles. The van der Waals surface area contributed by atoms with Crippen LogP contribution in [0.25, 0.3) is 45.8 Å². The summed E-state index contributed by atoms with van der Waals surface area (Å²) in [5, 5.41) is -2.67. The average Bonchev–Trinajstić information content (AvgIpc) is 1.63. The van der Waals surface area contributed by atoms with Gasteiger partial charge in [-0.15, -0.1) is 12.4 Å². The molecule has 0 saturated heterocycles. The number of aromatic amines is 1. The Morgan fingerprint density at radius 1 is 0.513 bits per heavy atom. The van der Waals surface area contributed by atoms with Crippen LogP contribution in [-0.4, -0.2) is 90.9 Å². The van der Waals surface area contributed by atoms with Crippen LogP contribution < -0.4 is 15.2 Å². The summed E-state index contributed by atoms with van der Waals surface area (Å²) in [6, 6.07) is 39.3. The van der Waals surface area contributed by atoms with Gasteiger partial charge in [0.05, 0.1) is 26.5 Å². The molecule has 12 aromatic rings. The number of aldehydes is 1. The molecule has 113 heavy (non-hydrogen) atoms. The van der Waals surface area contributed by atoms with E-state index in [-0.39, 0.29) is 131 Å². The zero-order chi connectivity index (χ0) is 80.0. The Bertz CT molecular complexity index is 5560. The molecule has 0 amide bonds. The largest absolute Gasteiger partial charge is 0.467 e. The number of methoxy groups -OCH3 is 2. The molecule has 0 fully saturated rings. The zero-order valence-corrected chi connectivity index (χ0v) is 65.8. The van der Waals surface area contributed by atoms with Crippen LogP contribution in [0.5, 0.6) is 12.0 Å². The lowest BCUT2D eigenvalue weighted by Crippen LogP contribution is -2.17. The van der Waals surface area contributed by atoms with Crippen molar-refractivity contribution in [1.29, 1.82) is 0 Å². The second kappa shape index (κ2) is 39.6. The summed E-state index contributed by atoms with van der Waals surface area (Å²) in [6.07, 6.45) is -1.34. The normalized spacial score (nSPS) is 13.8. The van der Waals surface area contributed by atoms with Crippen molar-refractivity contribution in [1.82, 2.24) is 39.9 Å². The number of hydrogen-bond acceptors (Lipinski definition) is 24. The number of fused-ring (bicyclic) bond motifs is 3. The molecule has 590 valence electrons. The second-order valence-electron chi connectivity index (χ2n) is 23.6. The van der Waals surface area contributed by atoms with Crippen molar-refractivity contribution in [2.45, 2.75) is 84.9 Å². The number of furan rings is 4. The molecule has 36 heteroatoms. The van der Waals surface area contributed by atoms with Gasteiger partial charge >= 0.3 is 46.8 Å². The summed E-state index contributed by atoms with van der Waals surface area (Å²) >= 11 is 23.0. The monoisotopic (exact) mass is 1730 g/mol. The van der Waals surface area contributed by atoms with Gasteiger partial charge in [-0.1, -0.05) is 96.2 Å². The number of alkyl halides is 1. The summed E-state index contributed by atoms with van der Waals surface area (Å²) in [7, 11) is 2.80. The lowest BCUT2D eigenvalue weighted by molar-refractivity contribution is 0.0371. The SMILES string of the molecule is C.CCOC(=O)c1c(C=O)nc(OC)nc1-c1ccc(C)o1.COc1nc(-c2ccc(C)o2)c2c(n1)C(Cc1ccccc1F)OC2=O.Cc1ccc(-c2nc(=O)[nH]c3c2C(=O)OC3Cc2ccccc2F)o1.Cc1ccc(-c2nc(Cl)nc3c2C(=O)OC3Cc2ccccc2F)o1.Cl.Fc1ccccc1CBr.O=P(Cl)(Cl)Cl. The number of aromatic nitrogens is 8. The fraction of sp³-hybridized carbons (Fsp3) is 0.208. The van der Waals surface area contributed by atoms with Gasteiger partial charge < -0.3 is 51.1 Å². The van der Waals surface area contributed by atoms with Crippen LogP contribution in [-0.2, 0) is 48.1 Å². The molecule has 0 saturated carbocycles. The highest BCUT2D eigenvalue weighted by molar-refractivity contribution is 9.08. The molecule has 4 aromatic carbocycles. The van der Waals surface area contributed by atoms with E-state index >= 15 is 0 Å². The molecule has 8 aromatic heterocycles. The fourth-order valence-corrected chi connectivity index (χ4v) is 11.8. The van der Waals surface area contributed by atoms with Crippen molar-refractivity contribution < 1.29 is 92.2 Å². The van der Waals surface area contributed by atoms with Crippen LogP contribution in [0.2, 0.25) is 5.28 Å². The number of nitrogens with one attached hydrogen (secondary N) is 1. The van der Waals surface area contributed by atoms with Gasteiger partial charge in [-0.05, 0) is 175 Å². The van der Waals surface area contributed by atoms with Gasteiger partial charge in [-0.25, -0.2) is 51.5 Å². The molecule has 15 rings (SSSR count). The molecule has 3 unspecified atom stereocenters. The van der Waals surface area contributed by atoms with E-state index in [0.717, 1.165) is 0 Å². The number of carbonyl (C=O) groups is 5. The predicted molar refractivity (Wildman–Crippen MR) is 413 cm³/mol. The summed E-state index contributed by atoms with van der Waals surface area (Å²) < 4.78 is 117. The Morgan fingerprint density at radius 2 is 0.867 bits per heavy atom. The molecular weight excluding hydrogens is 1670 g/mol. The molecule has 3 aliphatic rings. The molecule has 0 spiro atoms. The lowest BCUT2D eigenvalue weighted by Gasteiger charge is -2.11. The Hall–Kier alpha value is -10.9. The third-order valence-electron chi connectivity index (χ3n) is 16.0. The van der Waals surface area contributed by atoms with Crippen molar-refractivity contribution in [2.24, 2.45) is 0 Å². The minimum absolute atomic E-state index is 0. The molecule has 3 atom stereocenters. The number of esters is 4. The van der Waals surface area contributed by atoms with Crippen molar-refractivity contribution in [3.05, 3.63) is 275 Å². The van der Waals surface area contributed by atoms with E-state index in [4.69, 9.17) is 57.7 Å². The van der Waals surface area contributed by atoms with Crippen LogP contribution in [0.15, 0.2) is 168 Å². The number of ether oxygens (including phenoxy) is 6. The van der Waals surface area contributed by atoms with Crippen molar-refractivity contribution in [2.75, 3.05) is 20.8 Å². The minimum atomic E-state index is -3.22. The van der Waals surface area contributed by atoms with Gasteiger partial charge in [0.15, 0.2) is 29.3 Å². The first-order valence-electron chi connectivity index (χ1n) is 32.9. The van der Waals surface area contributed by atoms with Crippen molar-refractivity contribution in [3.63, 3.8) is 0 Å². The van der Waals surface area contributed by atoms with E-state index in [9.17, 15) is 50.9 Å². The van der Waals surface area contributed by atoms with E-state index in [0.29, 0.717) is 97.0 Å². The first-order valence-corrected chi connectivity index (χ1v) is 38.8. The highest BCUT2D eigenvalue weighted by atomic mass is 79.9. The van der Waals surface area contributed by atoms with E-state index in [1.165, 1.54) is 38.5 Å². The second-order valence-corrected chi connectivity index (χ2v) is 31.1. The summed E-state index contributed by atoms with van der Waals surface area (Å²) in [5.74, 6) is 0.375. The van der Waals surface area contributed by atoms with Gasteiger partial charge in [-0.3, -0.25) is 9.36 Å². The first-order chi connectivity index (χ1) is 53.1. The van der Waals surface area contributed by atoms with Crippen LogP contribution in [0, 0.1) is 51.0 Å². The number of halogens is 10. The molecule has 0 radical (unpaired) electrons. The summed E-state index contributed by atoms with van der Waals surface area (Å²) in [4.78, 5) is 104. The van der Waals surface area contributed by atoms with Crippen LogP contribution >= 0.6 is 78.9 Å². The first kappa shape index (κ1) is 87.7.